The van der Waals surface area contributed by atoms with Crippen LogP contribution in [0.5, 0.6) is 0 Å². The van der Waals surface area contributed by atoms with Gasteiger partial charge in [0.15, 0.2) is 0 Å². The van der Waals surface area contributed by atoms with E-state index in [1.54, 1.807) is 13.0 Å². The van der Waals surface area contributed by atoms with Gasteiger partial charge >= 0.3 is 0 Å². The predicted octanol–water partition coefficient (Wildman–Crippen LogP) is 2.91. The first-order valence-corrected chi connectivity index (χ1v) is 6.13. The van der Waals surface area contributed by atoms with E-state index in [9.17, 15) is 4.79 Å². The highest BCUT2D eigenvalue weighted by atomic mass is 35.5. The molecule has 5 heteroatoms. The first-order chi connectivity index (χ1) is 9.15. The number of benzene rings is 1. The van der Waals surface area contributed by atoms with Crippen LogP contribution in [0.25, 0.3) is 0 Å². The fourth-order valence-electron chi connectivity index (χ4n) is 1.58. The molecule has 0 saturated carbocycles. The highest BCUT2D eigenvalue weighted by Gasteiger charge is 2.07. The summed E-state index contributed by atoms with van der Waals surface area (Å²) in [4.78, 5) is 21.0. The van der Waals surface area contributed by atoms with E-state index in [0.29, 0.717) is 17.9 Å². The summed E-state index contributed by atoms with van der Waals surface area (Å²) >= 11 is 5.79. The summed E-state index contributed by atoms with van der Waals surface area (Å²) < 4.78 is 0. The normalized spacial score (nSPS) is 10.2. The molecule has 4 nitrogen and oxygen atoms in total. The lowest BCUT2D eigenvalue weighted by molar-refractivity contribution is 0.0233. The molecule has 98 valence electrons. The maximum absolute atomic E-state index is 11.8. The number of rotatable bonds is 4. The van der Waals surface area contributed by atoms with E-state index in [-0.39, 0.29) is 11.1 Å². The van der Waals surface area contributed by atoms with Gasteiger partial charge in [0, 0.05) is 11.3 Å². The second-order valence-electron chi connectivity index (χ2n) is 4.03. The highest BCUT2D eigenvalue weighted by molar-refractivity contribution is 6.29. The molecule has 19 heavy (non-hydrogen) atoms. The molecule has 0 aliphatic carbocycles. The van der Waals surface area contributed by atoms with Crippen molar-refractivity contribution in [2.75, 3.05) is 0 Å². The van der Waals surface area contributed by atoms with Crippen LogP contribution >= 0.6 is 11.6 Å². The summed E-state index contributed by atoms with van der Waals surface area (Å²) in [7, 11) is 0. The summed E-state index contributed by atoms with van der Waals surface area (Å²) in [5.74, 6) is -0.344. The minimum Gasteiger partial charge on any atom is -0.269 e. The SMILES string of the molecule is Cc1cc(C(=O)NOCc2ccccc2)cc(Cl)n1. The summed E-state index contributed by atoms with van der Waals surface area (Å²) in [5, 5.41) is 0.285. The number of aryl methyl sites for hydroxylation is 1. The first-order valence-electron chi connectivity index (χ1n) is 5.75. The van der Waals surface area contributed by atoms with Gasteiger partial charge in [-0.05, 0) is 24.6 Å². The number of hydrogen-bond acceptors (Lipinski definition) is 3. The van der Waals surface area contributed by atoms with Crippen molar-refractivity contribution in [1.82, 2.24) is 10.5 Å². The Bertz CT molecular complexity index is 553. The number of hydrogen-bond donors (Lipinski definition) is 1. The van der Waals surface area contributed by atoms with Gasteiger partial charge in [0.05, 0.1) is 6.61 Å². The predicted molar refractivity (Wildman–Crippen MR) is 72.7 cm³/mol. The molecule has 0 unspecified atom stereocenters. The van der Waals surface area contributed by atoms with E-state index < -0.39 is 0 Å². The van der Waals surface area contributed by atoms with Crippen LogP contribution in [0.2, 0.25) is 5.15 Å². The molecule has 1 N–H and O–H groups in total. The Kier molecular flexibility index (Phi) is 4.49. The van der Waals surface area contributed by atoms with Gasteiger partial charge in [-0.25, -0.2) is 10.5 Å². The number of nitrogens with one attached hydrogen (secondary N) is 1. The molecule has 2 rings (SSSR count). The number of halogens is 1. The Hall–Kier alpha value is -1.91. The largest absolute Gasteiger partial charge is 0.275 e. The number of carbonyl (C=O) groups is 1. The minimum atomic E-state index is -0.344. The van der Waals surface area contributed by atoms with Crippen LogP contribution in [-0.4, -0.2) is 10.9 Å². The average molecular weight is 277 g/mol. The third-order valence-electron chi connectivity index (χ3n) is 2.43. The topological polar surface area (TPSA) is 51.2 Å². The molecule has 0 aliphatic heterocycles. The summed E-state index contributed by atoms with van der Waals surface area (Å²) in [5.41, 5.74) is 4.46. The Balaban J connectivity index is 1.91. The third kappa shape index (κ3) is 4.05. The number of pyridine rings is 1. The van der Waals surface area contributed by atoms with Crippen LogP contribution in [0.1, 0.15) is 21.6 Å². The molecule has 1 aromatic heterocycles. The molecule has 2 aromatic rings. The molecule has 0 atom stereocenters. The molecule has 0 saturated heterocycles. The monoisotopic (exact) mass is 276 g/mol. The van der Waals surface area contributed by atoms with Gasteiger partial charge < -0.3 is 0 Å². The van der Waals surface area contributed by atoms with Crippen molar-refractivity contribution in [2.45, 2.75) is 13.5 Å². The molecule has 1 aromatic carbocycles. The molecule has 0 radical (unpaired) electrons. The maximum Gasteiger partial charge on any atom is 0.275 e. The van der Waals surface area contributed by atoms with E-state index in [0.717, 1.165) is 5.56 Å². The van der Waals surface area contributed by atoms with E-state index in [2.05, 4.69) is 10.5 Å². The fraction of sp³-hybridized carbons (Fsp3) is 0.143. The summed E-state index contributed by atoms with van der Waals surface area (Å²) in [6.45, 7) is 2.08. The Morgan fingerprint density at radius 1 is 1.32 bits per heavy atom. The maximum atomic E-state index is 11.8. The smallest absolute Gasteiger partial charge is 0.269 e. The lowest BCUT2D eigenvalue weighted by Crippen LogP contribution is -2.23. The third-order valence-corrected chi connectivity index (χ3v) is 2.62. The molecule has 1 amide bonds. The van der Waals surface area contributed by atoms with Crippen LogP contribution < -0.4 is 5.48 Å². The van der Waals surface area contributed by atoms with Crippen molar-refractivity contribution in [2.24, 2.45) is 0 Å². The van der Waals surface area contributed by atoms with Gasteiger partial charge in [-0.3, -0.25) is 9.63 Å². The number of nitrogens with zero attached hydrogens (tertiary/aromatic N) is 1. The number of carbonyl (C=O) groups excluding carboxylic acids is 1. The Labute approximate surface area is 116 Å². The van der Waals surface area contributed by atoms with Crippen molar-refractivity contribution < 1.29 is 9.63 Å². The minimum absolute atomic E-state index is 0.285. The van der Waals surface area contributed by atoms with Gasteiger partial charge in [-0.1, -0.05) is 41.9 Å². The van der Waals surface area contributed by atoms with Gasteiger partial charge in [0.2, 0.25) is 0 Å². The van der Waals surface area contributed by atoms with Gasteiger partial charge in [0.1, 0.15) is 5.15 Å². The van der Waals surface area contributed by atoms with E-state index in [4.69, 9.17) is 16.4 Å². The quantitative estimate of drug-likeness (QED) is 0.690. The van der Waals surface area contributed by atoms with Crippen molar-refractivity contribution in [3.63, 3.8) is 0 Å². The Morgan fingerprint density at radius 3 is 2.74 bits per heavy atom. The van der Waals surface area contributed by atoms with Crippen LogP contribution in [0.15, 0.2) is 42.5 Å². The molecule has 0 bridgehead atoms. The molecule has 0 fully saturated rings. The number of amides is 1. The first kappa shape index (κ1) is 13.5. The van der Waals surface area contributed by atoms with Crippen molar-refractivity contribution in [1.29, 1.82) is 0 Å². The second-order valence-corrected chi connectivity index (χ2v) is 4.41. The molecular formula is C14H13ClN2O2. The zero-order valence-electron chi connectivity index (χ0n) is 10.4. The second kappa shape index (κ2) is 6.31. The zero-order chi connectivity index (χ0) is 13.7. The van der Waals surface area contributed by atoms with Crippen LogP contribution in [0.3, 0.4) is 0 Å². The van der Waals surface area contributed by atoms with Crippen LogP contribution in [0.4, 0.5) is 0 Å². The summed E-state index contributed by atoms with van der Waals surface area (Å²) in [6.07, 6.45) is 0. The van der Waals surface area contributed by atoms with Crippen LogP contribution in [-0.2, 0) is 11.4 Å². The van der Waals surface area contributed by atoms with Crippen molar-refractivity contribution >= 4 is 17.5 Å². The highest BCUT2D eigenvalue weighted by Crippen LogP contribution is 2.10. The van der Waals surface area contributed by atoms with Crippen LogP contribution in [0, 0.1) is 6.92 Å². The van der Waals surface area contributed by atoms with E-state index >= 15 is 0 Å². The fourth-order valence-corrected chi connectivity index (χ4v) is 1.83. The molecular weight excluding hydrogens is 264 g/mol. The lowest BCUT2D eigenvalue weighted by Gasteiger charge is -2.06. The average Bonchev–Trinajstić information content (AvgIpc) is 2.38. The zero-order valence-corrected chi connectivity index (χ0v) is 11.1. The van der Waals surface area contributed by atoms with Gasteiger partial charge in [-0.2, -0.15) is 0 Å². The Morgan fingerprint density at radius 2 is 2.05 bits per heavy atom. The standard InChI is InChI=1S/C14H13ClN2O2/c1-10-7-12(8-13(15)16-10)14(18)17-19-9-11-5-3-2-4-6-11/h2-8H,9H2,1H3,(H,17,18). The van der Waals surface area contributed by atoms with Crippen molar-refractivity contribution in [3.05, 3.63) is 64.4 Å². The lowest BCUT2D eigenvalue weighted by atomic mass is 10.2. The molecule has 0 aliphatic rings. The van der Waals surface area contributed by atoms with Crippen molar-refractivity contribution in [3.8, 4) is 0 Å². The van der Waals surface area contributed by atoms with Gasteiger partial charge in [0.25, 0.3) is 5.91 Å². The molecule has 1 heterocycles. The van der Waals surface area contributed by atoms with Gasteiger partial charge in [-0.15, -0.1) is 0 Å². The van der Waals surface area contributed by atoms with E-state index in [1.807, 2.05) is 30.3 Å². The molecule has 0 spiro atoms. The number of hydroxylamine groups is 1. The number of aromatic nitrogens is 1. The van der Waals surface area contributed by atoms with E-state index in [1.165, 1.54) is 6.07 Å². The summed E-state index contributed by atoms with van der Waals surface area (Å²) in [6, 6.07) is 12.7.